The lowest BCUT2D eigenvalue weighted by atomic mass is 9.99. The normalized spacial score (nSPS) is 11.5. The van der Waals surface area contributed by atoms with Crippen LogP contribution in [0.25, 0.3) is 0 Å². The minimum atomic E-state index is -0.101. The molecule has 0 aliphatic rings. The van der Waals surface area contributed by atoms with Gasteiger partial charge < -0.3 is 5.32 Å². The summed E-state index contributed by atoms with van der Waals surface area (Å²) >= 11 is 5.07. The Morgan fingerprint density at radius 3 is 2.37 bits per heavy atom. The molecule has 1 aromatic carbocycles. The fourth-order valence-corrected chi connectivity index (χ4v) is 1.68. The lowest BCUT2D eigenvalue weighted by Gasteiger charge is -2.13. The molecule has 1 atom stereocenters. The fraction of sp³-hybridized carbons (Fsp3) is 0.429. The number of nitrogens with one attached hydrogen (secondary N) is 3. The predicted molar refractivity (Wildman–Crippen MR) is 82.9 cm³/mol. The quantitative estimate of drug-likeness (QED) is 0.586. The zero-order chi connectivity index (χ0) is 14.3. The van der Waals surface area contributed by atoms with E-state index in [0.29, 0.717) is 17.5 Å². The van der Waals surface area contributed by atoms with E-state index in [1.165, 1.54) is 5.56 Å². The third-order valence-electron chi connectivity index (χ3n) is 2.99. The van der Waals surface area contributed by atoms with Crippen molar-refractivity contribution in [2.24, 2.45) is 0 Å². The van der Waals surface area contributed by atoms with Crippen molar-refractivity contribution in [1.82, 2.24) is 10.9 Å². The number of amides is 1. The van der Waals surface area contributed by atoms with Crippen LogP contribution in [0.3, 0.4) is 0 Å². The first-order valence-corrected chi connectivity index (χ1v) is 6.93. The van der Waals surface area contributed by atoms with Crippen LogP contribution < -0.4 is 16.2 Å². The maximum Gasteiger partial charge on any atom is 0.238 e. The summed E-state index contributed by atoms with van der Waals surface area (Å²) in [5.41, 5.74) is 7.36. The Balaban J connectivity index is 2.49. The van der Waals surface area contributed by atoms with E-state index in [-0.39, 0.29) is 5.91 Å². The van der Waals surface area contributed by atoms with Crippen molar-refractivity contribution in [1.29, 1.82) is 0 Å². The summed E-state index contributed by atoms with van der Waals surface area (Å²) in [6.45, 7) is 6.16. The second-order valence-electron chi connectivity index (χ2n) is 4.41. The molecule has 1 amide bonds. The van der Waals surface area contributed by atoms with Gasteiger partial charge in [0.25, 0.3) is 0 Å². The van der Waals surface area contributed by atoms with Gasteiger partial charge in [0.15, 0.2) is 5.11 Å². The number of hydrogen-bond donors (Lipinski definition) is 3. The Kier molecular flexibility index (Phi) is 6.29. The van der Waals surface area contributed by atoms with E-state index in [9.17, 15) is 4.79 Å². The molecule has 0 saturated heterocycles. The molecular formula is C14H21N3OS. The van der Waals surface area contributed by atoms with Crippen LogP contribution in [0.15, 0.2) is 24.3 Å². The Hall–Kier alpha value is -1.62. The van der Waals surface area contributed by atoms with Crippen molar-refractivity contribution in [2.75, 3.05) is 5.32 Å². The number of carbonyl (C=O) groups is 1. The van der Waals surface area contributed by atoms with Crippen LogP contribution in [0, 0.1) is 0 Å². The number of rotatable bonds is 4. The molecule has 0 aromatic heterocycles. The van der Waals surface area contributed by atoms with Crippen LogP contribution in [0.2, 0.25) is 0 Å². The summed E-state index contributed by atoms with van der Waals surface area (Å²) < 4.78 is 0. The second kappa shape index (κ2) is 7.74. The maximum atomic E-state index is 11.1. The van der Waals surface area contributed by atoms with Gasteiger partial charge in [-0.15, -0.1) is 0 Å². The third-order valence-corrected chi connectivity index (χ3v) is 3.19. The Bertz CT molecular complexity index is 431. The summed E-state index contributed by atoms with van der Waals surface area (Å²) in [5, 5.41) is 3.38. The van der Waals surface area contributed by atoms with Gasteiger partial charge in [0.2, 0.25) is 5.91 Å². The van der Waals surface area contributed by atoms with Crippen LogP contribution in [0.1, 0.15) is 45.1 Å². The average Bonchev–Trinajstić information content (AvgIpc) is 2.44. The summed E-state index contributed by atoms with van der Waals surface area (Å²) in [7, 11) is 0. The predicted octanol–water partition coefficient (Wildman–Crippen LogP) is 2.93. The van der Waals surface area contributed by atoms with Gasteiger partial charge in [0, 0.05) is 12.1 Å². The monoisotopic (exact) mass is 279 g/mol. The van der Waals surface area contributed by atoms with Crippen molar-refractivity contribution in [3.05, 3.63) is 29.8 Å². The molecule has 0 fully saturated rings. The molecule has 4 nitrogen and oxygen atoms in total. The first-order valence-electron chi connectivity index (χ1n) is 6.52. The smallest absolute Gasteiger partial charge is 0.238 e. The first kappa shape index (κ1) is 15.4. The highest BCUT2D eigenvalue weighted by molar-refractivity contribution is 7.80. The van der Waals surface area contributed by atoms with Gasteiger partial charge in [-0.05, 0) is 42.3 Å². The number of anilines is 1. The lowest BCUT2D eigenvalue weighted by Crippen LogP contribution is -2.43. The van der Waals surface area contributed by atoms with Crippen LogP contribution in [-0.2, 0) is 4.79 Å². The summed E-state index contributed by atoms with van der Waals surface area (Å²) in [6.07, 6.45) is 1.54. The van der Waals surface area contributed by atoms with E-state index in [1.807, 2.05) is 12.1 Å². The Labute approximate surface area is 119 Å². The van der Waals surface area contributed by atoms with E-state index in [2.05, 4.69) is 42.1 Å². The highest BCUT2D eigenvalue weighted by Gasteiger charge is 2.03. The van der Waals surface area contributed by atoms with Crippen molar-refractivity contribution >= 4 is 28.9 Å². The van der Waals surface area contributed by atoms with E-state index < -0.39 is 0 Å². The van der Waals surface area contributed by atoms with Gasteiger partial charge in [0.05, 0.1) is 0 Å². The van der Waals surface area contributed by atoms with Gasteiger partial charge in [0.1, 0.15) is 0 Å². The molecule has 0 saturated carbocycles. The van der Waals surface area contributed by atoms with E-state index in [0.717, 1.165) is 12.1 Å². The van der Waals surface area contributed by atoms with Gasteiger partial charge in [-0.1, -0.05) is 32.9 Å². The standard InChI is InChI=1S/C14H21N3OS/c1-4-10(3)11-6-8-12(9-7-11)15-14(19)17-16-13(18)5-2/h6-10H,4-5H2,1-3H3,(H,16,18)(H2,15,17,19)/t10-/m1/s1. The van der Waals surface area contributed by atoms with E-state index in [1.54, 1.807) is 6.92 Å². The van der Waals surface area contributed by atoms with Crippen LogP contribution in [0.5, 0.6) is 0 Å². The van der Waals surface area contributed by atoms with E-state index in [4.69, 9.17) is 12.2 Å². The summed E-state index contributed by atoms with van der Waals surface area (Å²) in [6, 6.07) is 8.14. The largest absolute Gasteiger partial charge is 0.331 e. The SMILES string of the molecule is CCC(=O)NNC(=S)Nc1ccc([C@H](C)CC)cc1. The molecule has 3 N–H and O–H groups in total. The third kappa shape index (κ3) is 5.26. The zero-order valence-electron chi connectivity index (χ0n) is 11.6. The van der Waals surface area contributed by atoms with Gasteiger partial charge in [-0.25, -0.2) is 0 Å². The maximum absolute atomic E-state index is 11.1. The molecule has 104 valence electrons. The van der Waals surface area contributed by atoms with Crippen LogP contribution in [0.4, 0.5) is 5.69 Å². The minimum Gasteiger partial charge on any atom is -0.331 e. The molecule has 1 rings (SSSR count). The fourth-order valence-electron chi connectivity index (χ4n) is 1.51. The molecule has 19 heavy (non-hydrogen) atoms. The molecule has 0 aliphatic carbocycles. The molecular weight excluding hydrogens is 258 g/mol. The summed E-state index contributed by atoms with van der Waals surface area (Å²) in [5.74, 6) is 0.458. The summed E-state index contributed by atoms with van der Waals surface area (Å²) in [4.78, 5) is 11.1. The molecule has 0 radical (unpaired) electrons. The highest BCUT2D eigenvalue weighted by Crippen LogP contribution is 2.20. The number of hydrazine groups is 1. The topological polar surface area (TPSA) is 53.2 Å². The second-order valence-corrected chi connectivity index (χ2v) is 4.82. The Morgan fingerprint density at radius 2 is 1.84 bits per heavy atom. The number of hydrogen-bond acceptors (Lipinski definition) is 2. The molecule has 0 aliphatic heterocycles. The van der Waals surface area contributed by atoms with Crippen molar-refractivity contribution in [2.45, 2.75) is 39.5 Å². The average molecular weight is 279 g/mol. The number of benzene rings is 1. The van der Waals surface area contributed by atoms with Crippen LogP contribution in [-0.4, -0.2) is 11.0 Å². The van der Waals surface area contributed by atoms with Gasteiger partial charge in [-0.3, -0.25) is 15.6 Å². The van der Waals surface area contributed by atoms with E-state index >= 15 is 0 Å². The number of carbonyl (C=O) groups excluding carboxylic acids is 1. The lowest BCUT2D eigenvalue weighted by molar-refractivity contribution is -0.121. The number of thiocarbonyl (C=S) groups is 1. The van der Waals surface area contributed by atoms with Gasteiger partial charge in [-0.2, -0.15) is 0 Å². The molecule has 0 bridgehead atoms. The van der Waals surface area contributed by atoms with Crippen LogP contribution >= 0.6 is 12.2 Å². The molecule has 1 aromatic rings. The molecule has 0 heterocycles. The first-order chi connectivity index (χ1) is 9.06. The molecule has 0 spiro atoms. The highest BCUT2D eigenvalue weighted by atomic mass is 32.1. The molecule has 0 unspecified atom stereocenters. The van der Waals surface area contributed by atoms with Crippen molar-refractivity contribution in [3.8, 4) is 0 Å². The minimum absolute atomic E-state index is 0.101. The molecule has 5 heteroatoms. The Morgan fingerprint density at radius 1 is 1.21 bits per heavy atom. The van der Waals surface area contributed by atoms with Crippen molar-refractivity contribution < 1.29 is 4.79 Å². The zero-order valence-corrected chi connectivity index (χ0v) is 12.4. The van der Waals surface area contributed by atoms with Crippen molar-refractivity contribution in [3.63, 3.8) is 0 Å². The van der Waals surface area contributed by atoms with Gasteiger partial charge >= 0.3 is 0 Å².